The van der Waals surface area contributed by atoms with E-state index in [1.807, 2.05) is 0 Å². The van der Waals surface area contributed by atoms with Crippen LogP contribution in [0.15, 0.2) is 51.4 Å². The molecule has 0 unspecified atom stereocenters. The minimum atomic E-state index is -1.07. The molecule has 0 spiro atoms. The Morgan fingerprint density at radius 3 is 2.58 bits per heavy atom. The Morgan fingerprint density at radius 2 is 1.92 bits per heavy atom. The number of ether oxygens (including phenoxy) is 1. The van der Waals surface area contributed by atoms with Crippen LogP contribution in [0, 0.1) is 12.7 Å². The fraction of sp³-hybridized carbons (Fsp3) is 0.167. The first-order valence-electron chi connectivity index (χ1n) is 7.73. The van der Waals surface area contributed by atoms with Crippen LogP contribution in [-0.4, -0.2) is 23.1 Å². The highest BCUT2D eigenvalue weighted by Crippen LogP contribution is 2.23. The predicted molar refractivity (Wildman–Crippen MR) is 88.8 cm³/mol. The molecule has 0 aliphatic rings. The lowest BCUT2D eigenvalue weighted by Crippen LogP contribution is -2.30. The van der Waals surface area contributed by atoms with Crippen LogP contribution >= 0.6 is 0 Å². The highest BCUT2D eigenvalue weighted by molar-refractivity contribution is 5.96. The van der Waals surface area contributed by atoms with Gasteiger partial charge in [0, 0.05) is 11.6 Å². The van der Waals surface area contributed by atoms with Crippen molar-refractivity contribution in [3.8, 4) is 11.3 Å². The van der Waals surface area contributed by atoms with Crippen LogP contribution in [0.1, 0.15) is 23.2 Å². The van der Waals surface area contributed by atoms with Crippen molar-refractivity contribution in [2.24, 2.45) is 0 Å². The summed E-state index contributed by atoms with van der Waals surface area (Å²) in [5.41, 5.74) is 0.609. The van der Waals surface area contributed by atoms with Gasteiger partial charge in [0.1, 0.15) is 17.3 Å². The molecule has 8 heteroatoms. The quantitative estimate of drug-likeness (QED) is 0.701. The van der Waals surface area contributed by atoms with E-state index in [0.717, 1.165) is 0 Å². The number of nitrogens with zero attached hydrogens (tertiary/aromatic N) is 1. The van der Waals surface area contributed by atoms with Crippen molar-refractivity contribution in [3.63, 3.8) is 0 Å². The molecule has 1 N–H and O–H groups in total. The lowest BCUT2D eigenvalue weighted by atomic mass is 10.2. The molecule has 1 amide bonds. The molecule has 0 aliphatic heterocycles. The van der Waals surface area contributed by atoms with E-state index in [0.29, 0.717) is 17.1 Å². The number of carbonyl (C=O) groups is 2. The zero-order chi connectivity index (χ0) is 18.7. The van der Waals surface area contributed by atoms with Crippen molar-refractivity contribution in [1.82, 2.24) is 5.16 Å². The Morgan fingerprint density at radius 1 is 1.19 bits per heavy atom. The molecule has 1 aromatic carbocycles. The molecule has 26 heavy (non-hydrogen) atoms. The lowest BCUT2D eigenvalue weighted by molar-refractivity contribution is -0.123. The van der Waals surface area contributed by atoms with Gasteiger partial charge < -0.3 is 19.0 Å². The zero-order valence-corrected chi connectivity index (χ0v) is 14.0. The number of esters is 1. The van der Waals surface area contributed by atoms with Crippen LogP contribution < -0.4 is 5.32 Å². The molecule has 0 aliphatic carbocycles. The summed E-state index contributed by atoms with van der Waals surface area (Å²) in [7, 11) is 0. The molecule has 134 valence electrons. The molecule has 2 aromatic heterocycles. The smallest absolute Gasteiger partial charge is 0.375 e. The van der Waals surface area contributed by atoms with Gasteiger partial charge in [-0.25, -0.2) is 9.18 Å². The van der Waals surface area contributed by atoms with Crippen LogP contribution in [0.5, 0.6) is 0 Å². The number of amides is 1. The second kappa shape index (κ2) is 7.22. The fourth-order valence-electron chi connectivity index (χ4n) is 2.14. The minimum Gasteiger partial charge on any atom is -0.449 e. The summed E-state index contributed by atoms with van der Waals surface area (Å²) in [6, 6.07) is 10.1. The Hall–Kier alpha value is -3.42. The maximum atomic E-state index is 13.0. The molecule has 0 bridgehead atoms. The van der Waals surface area contributed by atoms with Crippen molar-refractivity contribution in [3.05, 3.63) is 59.8 Å². The number of hydrogen-bond acceptors (Lipinski definition) is 6. The zero-order valence-electron chi connectivity index (χ0n) is 14.0. The Balaban J connectivity index is 1.62. The molecule has 0 radical (unpaired) electrons. The summed E-state index contributed by atoms with van der Waals surface area (Å²) >= 11 is 0. The first-order chi connectivity index (χ1) is 12.4. The molecule has 0 fully saturated rings. The third-order valence-electron chi connectivity index (χ3n) is 3.47. The molecular formula is C18H15FN2O5. The number of aryl methyl sites for hydroxylation is 1. The summed E-state index contributed by atoms with van der Waals surface area (Å²) in [6.45, 7) is 3.10. The van der Waals surface area contributed by atoms with Gasteiger partial charge in [-0.15, -0.1) is 0 Å². The number of nitrogens with one attached hydrogen (secondary N) is 1. The summed E-state index contributed by atoms with van der Waals surface area (Å²) < 4.78 is 28.3. The SMILES string of the molecule is Cc1cc(NC(=O)[C@H](C)OC(=O)c2ccc(-c3ccc(F)cc3)o2)no1. The largest absolute Gasteiger partial charge is 0.449 e. The summed E-state index contributed by atoms with van der Waals surface area (Å²) in [4.78, 5) is 24.1. The number of hydrogen-bond donors (Lipinski definition) is 1. The van der Waals surface area contributed by atoms with Gasteiger partial charge in [-0.1, -0.05) is 5.16 Å². The van der Waals surface area contributed by atoms with Crippen LogP contribution in [0.4, 0.5) is 10.2 Å². The van der Waals surface area contributed by atoms with E-state index in [9.17, 15) is 14.0 Å². The molecule has 7 nitrogen and oxygen atoms in total. The fourth-order valence-corrected chi connectivity index (χ4v) is 2.14. The van der Waals surface area contributed by atoms with Crippen LogP contribution in [-0.2, 0) is 9.53 Å². The highest BCUT2D eigenvalue weighted by atomic mass is 19.1. The van der Waals surface area contributed by atoms with Crippen LogP contribution in [0.2, 0.25) is 0 Å². The highest BCUT2D eigenvalue weighted by Gasteiger charge is 2.22. The standard InChI is InChI=1S/C18H15FN2O5/c1-10-9-16(21-26-10)20-17(22)11(2)24-18(23)15-8-7-14(25-15)12-3-5-13(19)6-4-12/h3-9,11H,1-2H3,(H,20,21,22)/t11-/m0/s1. The van der Waals surface area contributed by atoms with Gasteiger partial charge >= 0.3 is 5.97 Å². The number of anilines is 1. The van der Waals surface area contributed by atoms with E-state index in [1.165, 1.54) is 43.3 Å². The van der Waals surface area contributed by atoms with Crippen molar-refractivity contribution in [1.29, 1.82) is 0 Å². The number of halogens is 1. The van der Waals surface area contributed by atoms with E-state index in [1.54, 1.807) is 13.0 Å². The number of aromatic nitrogens is 1. The van der Waals surface area contributed by atoms with Gasteiger partial charge in [0.2, 0.25) is 5.76 Å². The molecular weight excluding hydrogens is 343 g/mol. The summed E-state index contributed by atoms with van der Waals surface area (Å²) in [5, 5.41) is 6.09. The molecule has 2 heterocycles. The van der Waals surface area contributed by atoms with E-state index in [-0.39, 0.29) is 17.4 Å². The van der Waals surface area contributed by atoms with Gasteiger partial charge in [0.05, 0.1) is 0 Å². The van der Waals surface area contributed by atoms with Crippen molar-refractivity contribution >= 4 is 17.7 Å². The first-order valence-corrected chi connectivity index (χ1v) is 7.73. The third kappa shape index (κ3) is 3.97. The van der Waals surface area contributed by atoms with Crippen LogP contribution in [0.3, 0.4) is 0 Å². The van der Waals surface area contributed by atoms with E-state index in [4.69, 9.17) is 13.7 Å². The topological polar surface area (TPSA) is 94.6 Å². The lowest BCUT2D eigenvalue weighted by Gasteiger charge is -2.11. The maximum Gasteiger partial charge on any atom is 0.375 e. The molecule has 0 saturated heterocycles. The summed E-state index contributed by atoms with van der Waals surface area (Å²) in [6.07, 6.45) is -1.07. The molecule has 0 saturated carbocycles. The van der Waals surface area contributed by atoms with E-state index >= 15 is 0 Å². The van der Waals surface area contributed by atoms with Gasteiger partial charge in [-0.05, 0) is 50.2 Å². The van der Waals surface area contributed by atoms with Gasteiger partial charge in [0.15, 0.2) is 11.9 Å². The average molecular weight is 358 g/mol. The molecule has 3 aromatic rings. The Bertz CT molecular complexity index is 929. The number of rotatable bonds is 5. The first kappa shape index (κ1) is 17.4. The number of carbonyl (C=O) groups excluding carboxylic acids is 2. The predicted octanol–water partition coefficient (Wildman–Crippen LogP) is 3.57. The Labute approximate surface area is 147 Å². The van der Waals surface area contributed by atoms with Gasteiger partial charge in [0.25, 0.3) is 5.91 Å². The number of furan rings is 1. The Kier molecular flexibility index (Phi) is 4.83. The second-order valence-corrected chi connectivity index (χ2v) is 5.53. The van der Waals surface area contributed by atoms with Crippen molar-refractivity contribution < 1.29 is 27.7 Å². The monoisotopic (exact) mass is 358 g/mol. The van der Waals surface area contributed by atoms with Gasteiger partial charge in [-0.2, -0.15) is 0 Å². The van der Waals surface area contributed by atoms with Crippen LogP contribution in [0.25, 0.3) is 11.3 Å². The number of benzene rings is 1. The minimum absolute atomic E-state index is 0.0683. The van der Waals surface area contributed by atoms with Gasteiger partial charge in [-0.3, -0.25) is 4.79 Å². The van der Waals surface area contributed by atoms with Crippen molar-refractivity contribution in [2.45, 2.75) is 20.0 Å². The average Bonchev–Trinajstić information content (AvgIpc) is 3.25. The van der Waals surface area contributed by atoms with E-state index in [2.05, 4.69) is 10.5 Å². The maximum absolute atomic E-state index is 13.0. The third-order valence-corrected chi connectivity index (χ3v) is 3.47. The second-order valence-electron chi connectivity index (χ2n) is 5.53. The summed E-state index contributed by atoms with van der Waals surface area (Å²) in [5.74, 6) is -0.648. The van der Waals surface area contributed by atoms with Crippen molar-refractivity contribution in [2.75, 3.05) is 5.32 Å². The molecule has 1 atom stereocenters. The van der Waals surface area contributed by atoms with E-state index < -0.39 is 18.0 Å². The molecule has 3 rings (SSSR count). The normalized spacial score (nSPS) is 11.8.